The van der Waals surface area contributed by atoms with Crippen LogP contribution in [-0.2, 0) is 0 Å². The molecule has 0 aliphatic heterocycles. The molecule has 0 spiro atoms. The number of nitrogens with one attached hydrogen (secondary N) is 1. The summed E-state index contributed by atoms with van der Waals surface area (Å²) in [7, 11) is 0. The molecule has 132 valence electrons. The van der Waals surface area contributed by atoms with Crippen molar-refractivity contribution in [3.05, 3.63) is 88.0 Å². The summed E-state index contributed by atoms with van der Waals surface area (Å²) in [5, 5.41) is 11.1. The van der Waals surface area contributed by atoms with E-state index in [0.29, 0.717) is 23.0 Å². The van der Waals surface area contributed by atoms with Crippen LogP contribution in [-0.4, -0.2) is 16.1 Å². The molecule has 1 aromatic heterocycles. The highest BCUT2D eigenvalue weighted by atomic mass is 127. The summed E-state index contributed by atoms with van der Waals surface area (Å²) < 4.78 is 6.76. The van der Waals surface area contributed by atoms with Crippen molar-refractivity contribution in [2.75, 3.05) is 5.32 Å². The zero-order valence-corrected chi connectivity index (χ0v) is 16.3. The summed E-state index contributed by atoms with van der Waals surface area (Å²) in [5.74, 6) is 0.761. The normalized spacial score (nSPS) is 10.6. The van der Waals surface area contributed by atoms with Crippen LogP contribution in [0.15, 0.2) is 83.3 Å². The van der Waals surface area contributed by atoms with Crippen molar-refractivity contribution in [2.45, 2.75) is 0 Å². The largest absolute Gasteiger partial charge is 0.416 e. The Hall–Kier alpha value is -3.00. The lowest BCUT2D eigenvalue weighted by Gasteiger charge is -2.06. The number of benzene rings is 3. The topological polar surface area (TPSA) is 68.0 Å². The Morgan fingerprint density at radius 3 is 2.15 bits per heavy atom. The molecule has 0 unspecified atom stereocenters. The molecule has 4 aromatic rings. The lowest BCUT2D eigenvalue weighted by Crippen LogP contribution is -2.11. The highest BCUT2D eigenvalue weighted by molar-refractivity contribution is 14.1. The standard InChI is InChI=1S/C21H14IN3O2/c22-17-8-4-7-16(13-17)19(26)23-18-11-9-15(10-12-18)21-25-24-20(27-21)14-5-2-1-3-6-14/h1-13H,(H,23,26). The average Bonchev–Trinajstić information content (AvgIpc) is 3.19. The van der Waals surface area contributed by atoms with Gasteiger partial charge in [-0.2, -0.15) is 0 Å². The molecule has 0 atom stereocenters. The Morgan fingerprint density at radius 1 is 0.815 bits per heavy atom. The minimum atomic E-state index is -0.148. The van der Waals surface area contributed by atoms with Crippen LogP contribution >= 0.6 is 22.6 Å². The van der Waals surface area contributed by atoms with Gasteiger partial charge in [-0.15, -0.1) is 10.2 Å². The van der Waals surface area contributed by atoms with Gasteiger partial charge in [0.25, 0.3) is 5.91 Å². The molecule has 3 aromatic carbocycles. The van der Waals surface area contributed by atoms with Crippen molar-refractivity contribution in [3.8, 4) is 22.9 Å². The van der Waals surface area contributed by atoms with Crippen LogP contribution in [0.1, 0.15) is 10.4 Å². The molecule has 0 radical (unpaired) electrons. The summed E-state index contributed by atoms with van der Waals surface area (Å²) in [6.45, 7) is 0. The first kappa shape index (κ1) is 17.4. The highest BCUT2D eigenvalue weighted by Gasteiger charge is 2.11. The van der Waals surface area contributed by atoms with E-state index in [9.17, 15) is 4.79 Å². The summed E-state index contributed by atoms with van der Waals surface area (Å²) >= 11 is 2.18. The summed E-state index contributed by atoms with van der Waals surface area (Å²) in [4.78, 5) is 12.3. The zero-order valence-electron chi connectivity index (χ0n) is 14.1. The monoisotopic (exact) mass is 467 g/mol. The maximum atomic E-state index is 12.3. The van der Waals surface area contributed by atoms with Gasteiger partial charge in [0, 0.05) is 25.9 Å². The Labute approximate surface area is 169 Å². The number of hydrogen-bond acceptors (Lipinski definition) is 4. The number of nitrogens with zero attached hydrogens (tertiary/aromatic N) is 2. The second-order valence-corrected chi connectivity index (χ2v) is 7.07. The summed E-state index contributed by atoms with van der Waals surface area (Å²) in [6.07, 6.45) is 0. The molecule has 0 bridgehead atoms. The molecule has 1 amide bonds. The first-order valence-corrected chi connectivity index (χ1v) is 9.33. The number of aromatic nitrogens is 2. The number of carbonyl (C=O) groups is 1. The van der Waals surface area contributed by atoms with E-state index in [0.717, 1.165) is 14.7 Å². The van der Waals surface area contributed by atoms with Gasteiger partial charge < -0.3 is 9.73 Å². The van der Waals surface area contributed by atoms with E-state index in [-0.39, 0.29) is 5.91 Å². The Morgan fingerprint density at radius 2 is 1.48 bits per heavy atom. The predicted molar refractivity (Wildman–Crippen MR) is 112 cm³/mol. The second kappa shape index (κ2) is 7.71. The van der Waals surface area contributed by atoms with Gasteiger partial charge in [0.2, 0.25) is 11.8 Å². The molecular formula is C21H14IN3O2. The number of halogens is 1. The first-order chi connectivity index (χ1) is 13.2. The first-order valence-electron chi connectivity index (χ1n) is 8.25. The van der Waals surface area contributed by atoms with Crippen LogP contribution in [0.2, 0.25) is 0 Å². The minimum absolute atomic E-state index is 0.148. The summed E-state index contributed by atoms with van der Waals surface area (Å²) in [5.41, 5.74) is 2.98. The van der Waals surface area contributed by atoms with E-state index in [1.54, 1.807) is 6.07 Å². The quantitative estimate of drug-likeness (QED) is 0.416. The average molecular weight is 467 g/mol. The van der Waals surface area contributed by atoms with Gasteiger partial charge >= 0.3 is 0 Å². The van der Waals surface area contributed by atoms with E-state index in [1.807, 2.05) is 72.8 Å². The van der Waals surface area contributed by atoms with Gasteiger partial charge in [-0.3, -0.25) is 4.79 Å². The summed E-state index contributed by atoms with van der Waals surface area (Å²) in [6, 6.07) is 24.4. The SMILES string of the molecule is O=C(Nc1ccc(-c2nnc(-c3ccccc3)o2)cc1)c1cccc(I)c1. The molecular weight excluding hydrogens is 453 g/mol. The second-order valence-electron chi connectivity index (χ2n) is 5.82. The van der Waals surface area contributed by atoms with Gasteiger partial charge in [0.15, 0.2) is 0 Å². The van der Waals surface area contributed by atoms with E-state index < -0.39 is 0 Å². The third-order valence-electron chi connectivity index (χ3n) is 3.92. The van der Waals surface area contributed by atoms with Crippen molar-refractivity contribution in [1.82, 2.24) is 10.2 Å². The zero-order chi connectivity index (χ0) is 18.6. The number of hydrogen-bond donors (Lipinski definition) is 1. The third-order valence-corrected chi connectivity index (χ3v) is 4.59. The van der Waals surface area contributed by atoms with E-state index in [4.69, 9.17) is 4.42 Å². The van der Waals surface area contributed by atoms with Crippen LogP contribution in [0.4, 0.5) is 5.69 Å². The number of amides is 1. The third kappa shape index (κ3) is 4.06. The molecule has 6 heteroatoms. The van der Waals surface area contributed by atoms with Crippen LogP contribution < -0.4 is 5.32 Å². The maximum Gasteiger partial charge on any atom is 0.255 e. The predicted octanol–water partition coefficient (Wildman–Crippen LogP) is 5.26. The Bertz CT molecular complexity index is 1080. The van der Waals surface area contributed by atoms with Gasteiger partial charge in [0.1, 0.15) is 0 Å². The van der Waals surface area contributed by atoms with Gasteiger partial charge in [-0.25, -0.2) is 0 Å². The van der Waals surface area contributed by atoms with Crippen molar-refractivity contribution in [2.24, 2.45) is 0 Å². The maximum absolute atomic E-state index is 12.3. The minimum Gasteiger partial charge on any atom is -0.416 e. The molecule has 27 heavy (non-hydrogen) atoms. The van der Waals surface area contributed by atoms with E-state index in [2.05, 4.69) is 38.1 Å². The molecule has 5 nitrogen and oxygen atoms in total. The molecule has 0 saturated carbocycles. The molecule has 0 aliphatic carbocycles. The number of carbonyl (C=O) groups excluding carboxylic acids is 1. The molecule has 1 N–H and O–H groups in total. The van der Waals surface area contributed by atoms with Crippen molar-refractivity contribution in [3.63, 3.8) is 0 Å². The number of rotatable bonds is 4. The lowest BCUT2D eigenvalue weighted by molar-refractivity contribution is 0.102. The van der Waals surface area contributed by atoms with Gasteiger partial charge in [0.05, 0.1) is 0 Å². The molecule has 0 aliphatic rings. The van der Waals surface area contributed by atoms with Crippen LogP contribution in [0, 0.1) is 3.57 Å². The fraction of sp³-hybridized carbons (Fsp3) is 0. The van der Waals surface area contributed by atoms with Gasteiger partial charge in [-0.05, 0) is 77.2 Å². The van der Waals surface area contributed by atoms with Crippen LogP contribution in [0.25, 0.3) is 22.9 Å². The van der Waals surface area contributed by atoms with Crippen molar-refractivity contribution < 1.29 is 9.21 Å². The Balaban J connectivity index is 1.49. The molecule has 1 heterocycles. The van der Waals surface area contributed by atoms with Crippen molar-refractivity contribution >= 4 is 34.2 Å². The molecule has 0 fully saturated rings. The smallest absolute Gasteiger partial charge is 0.255 e. The van der Waals surface area contributed by atoms with E-state index in [1.165, 1.54) is 0 Å². The van der Waals surface area contributed by atoms with E-state index >= 15 is 0 Å². The number of anilines is 1. The fourth-order valence-electron chi connectivity index (χ4n) is 2.57. The van der Waals surface area contributed by atoms with Crippen molar-refractivity contribution in [1.29, 1.82) is 0 Å². The van der Waals surface area contributed by atoms with Crippen LogP contribution in [0.3, 0.4) is 0 Å². The molecule has 4 rings (SSSR count). The van der Waals surface area contributed by atoms with Crippen LogP contribution in [0.5, 0.6) is 0 Å². The Kier molecular flexibility index (Phi) is 4.97. The van der Waals surface area contributed by atoms with Gasteiger partial charge in [-0.1, -0.05) is 24.3 Å². The lowest BCUT2D eigenvalue weighted by atomic mass is 10.2. The fourth-order valence-corrected chi connectivity index (χ4v) is 3.11. The molecule has 0 saturated heterocycles. The highest BCUT2D eigenvalue weighted by Crippen LogP contribution is 2.25.